The summed E-state index contributed by atoms with van der Waals surface area (Å²) < 4.78 is 1.40. The normalized spacial score (nSPS) is 17.7. The van der Waals surface area contributed by atoms with Gasteiger partial charge in [0.25, 0.3) is 5.56 Å². The average Bonchev–Trinajstić information content (AvgIpc) is 2.79. The minimum Gasteiger partial charge on any atom is -0.354 e. The molecule has 0 saturated carbocycles. The van der Waals surface area contributed by atoms with Crippen LogP contribution in [0.1, 0.15) is 17.1 Å². The van der Waals surface area contributed by atoms with Crippen molar-refractivity contribution in [2.45, 2.75) is 27.3 Å². The second-order valence-electron chi connectivity index (χ2n) is 8.68. The topological polar surface area (TPSA) is 90.7 Å². The molecule has 2 fully saturated rings. The van der Waals surface area contributed by atoms with Gasteiger partial charge in [-0.15, -0.1) is 0 Å². The molecule has 2 aliphatic heterocycles. The van der Waals surface area contributed by atoms with E-state index >= 15 is 0 Å². The number of anilines is 2. The largest absolute Gasteiger partial charge is 0.354 e. The fourth-order valence-electron chi connectivity index (χ4n) is 4.12. The lowest BCUT2D eigenvalue weighted by atomic mass is 10.2. The van der Waals surface area contributed by atoms with E-state index in [1.165, 1.54) is 10.9 Å². The van der Waals surface area contributed by atoms with Crippen LogP contribution in [-0.4, -0.2) is 94.6 Å². The van der Waals surface area contributed by atoms with E-state index < -0.39 is 0 Å². The fourth-order valence-corrected chi connectivity index (χ4v) is 4.12. The Balaban J connectivity index is 1.39. The van der Waals surface area contributed by atoms with Crippen molar-refractivity contribution < 1.29 is 4.79 Å². The molecule has 0 bridgehead atoms. The van der Waals surface area contributed by atoms with Gasteiger partial charge in [-0.1, -0.05) is 0 Å². The van der Waals surface area contributed by atoms with E-state index in [-0.39, 0.29) is 18.0 Å². The first-order valence-electron chi connectivity index (χ1n) is 11.2. The highest BCUT2D eigenvalue weighted by Crippen LogP contribution is 2.21. The molecular weight excluding hydrogens is 408 g/mol. The highest BCUT2D eigenvalue weighted by Gasteiger charge is 2.24. The molecule has 0 radical (unpaired) electrons. The van der Waals surface area contributed by atoms with Crippen molar-refractivity contribution in [1.29, 1.82) is 0 Å². The van der Waals surface area contributed by atoms with Gasteiger partial charge in [0.2, 0.25) is 5.91 Å². The molecule has 0 atom stereocenters. The van der Waals surface area contributed by atoms with E-state index in [2.05, 4.69) is 42.8 Å². The van der Waals surface area contributed by atoms with Gasteiger partial charge in [0.05, 0.1) is 6.33 Å². The molecule has 10 nitrogen and oxygen atoms in total. The quantitative estimate of drug-likeness (QED) is 0.659. The Morgan fingerprint density at radius 2 is 1.47 bits per heavy atom. The number of hydrogen-bond acceptors (Lipinski definition) is 8. The first-order chi connectivity index (χ1) is 15.3. The molecule has 32 heavy (non-hydrogen) atoms. The summed E-state index contributed by atoms with van der Waals surface area (Å²) in [7, 11) is 2.14. The summed E-state index contributed by atoms with van der Waals surface area (Å²) in [5.74, 6) is 2.58. The molecular formula is C22H32N8O2. The number of piperazine rings is 2. The van der Waals surface area contributed by atoms with E-state index in [4.69, 9.17) is 0 Å². The van der Waals surface area contributed by atoms with Gasteiger partial charge < -0.3 is 19.6 Å². The van der Waals surface area contributed by atoms with Crippen LogP contribution < -0.4 is 15.4 Å². The van der Waals surface area contributed by atoms with Gasteiger partial charge in [0.1, 0.15) is 24.0 Å². The lowest BCUT2D eigenvalue weighted by Crippen LogP contribution is -2.50. The van der Waals surface area contributed by atoms with Crippen molar-refractivity contribution in [2.75, 3.05) is 69.2 Å². The van der Waals surface area contributed by atoms with Gasteiger partial charge >= 0.3 is 0 Å². The number of rotatable bonds is 4. The Kier molecular flexibility index (Phi) is 6.40. The summed E-state index contributed by atoms with van der Waals surface area (Å²) in [4.78, 5) is 47.3. The van der Waals surface area contributed by atoms with Crippen molar-refractivity contribution in [2.24, 2.45) is 0 Å². The van der Waals surface area contributed by atoms with Crippen LogP contribution in [0.2, 0.25) is 0 Å². The van der Waals surface area contributed by atoms with Crippen LogP contribution in [0.25, 0.3) is 0 Å². The summed E-state index contributed by atoms with van der Waals surface area (Å²) in [6.45, 7) is 12.0. The summed E-state index contributed by atoms with van der Waals surface area (Å²) in [6, 6.07) is 2.07. The zero-order chi connectivity index (χ0) is 22.8. The molecule has 0 unspecified atom stereocenters. The smallest absolute Gasteiger partial charge is 0.256 e. The van der Waals surface area contributed by atoms with E-state index in [0.717, 1.165) is 43.6 Å². The van der Waals surface area contributed by atoms with E-state index in [0.29, 0.717) is 37.4 Å². The number of nitrogens with zero attached hydrogens (tertiary/aromatic N) is 8. The SMILES string of the molecule is Cc1nc(N2CCN(C)CC2)cc(N2CCN(C(=O)Cn3cnc(C)c(C)c3=O)CC2)n1. The predicted octanol–water partition coefficient (Wildman–Crippen LogP) is 0.0592. The van der Waals surface area contributed by atoms with Gasteiger partial charge in [-0.3, -0.25) is 14.2 Å². The van der Waals surface area contributed by atoms with Gasteiger partial charge in [-0.05, 0) is 27.8 Å². The van der Waals surface area contributed by atoms with Gasteiger partial charge in [-0.2, -0.15) is 0 Å². The third-order valence-electron chi connectivity index (χ3n) is 6.42. The van der Waals surface area contributed by atoms with Gasteiger partial charge in [-0.25, -0.2) is 15.0 Å². The van der Waals surface area contributed by atoms with Crippen molar-refractivity contribution in [3.63, 3.8) is 0 Å². The molecule has 4 heterocycles. The average molecular weight is 441 g/mol. The molecule has 4 rings (SSSR count). The number of likely N-dealkylation sites (N-methyl/N-ethyl adjacent to an activating group) is 1. The van der Waals surface area contributed by atoms with E-state index in [1.54, 1.807) is 13.8 Å². The third-order valence-corrected chi connectivity index (χ3v) is 6.42. The number of hydrogen-bond donors (Lipinski definition) is 0. The predicted molar refractivity (Wildman–Crippen MR) is 123 cm³/mol. The lowest BCUT2D eigenvalue weighted by Gasteiger charge is -2.37. The molecule has 2 aromatic rings. The van der Waals surface area contributed by atoms with Crippen LogP contribution in [0, 0.1) is 20.8 Å². The molecule has 0 aromatic carbocycles. The molecule has 2 aromatic heterocycles. The van der Waals surface area contributed by atoms with Crippen molar-refractivity contribution in [3.05, 3.63) is 39.8 Å². The Morgan fingerprint density at radius 3 is 2.06 bits per heavy atom. The minimum atomic E-state index is -0.155. The molecule has 2 saturated heterocycles. The standard InChI is InChI=1S/C22H32N8O2/c1-16-17(2)23-15-30(22(16)32)14-21(31)29-11-9-28(10-12-29)20-13-19(24-18(3)25-20)27-7-5-26(4)6-8-27/h13,15H,5-12,14H2,1-4H3. The number of carbonyl (C=O) groups excluding carboxylic acids is 1. The van der Waals surface area contributed by atoms with Crippen LogP contribution >= 0.6 is 0 Å². The first kappa shape index (κ1) is 22.2. The number of aryl methyl sites for hydroxylation is 2. The summed E-state index contributed by atoms with van der Waals surface area (Å²) in [5.41, 5.74) is 1.13. The van der Waals surface area contributed by atoms with Crippen molar-refractivity contribution in [3.8, 4) is 0 Å². The summed E-state index contributed by atoms with van der Waals surface area (Å²) >= 11 is 0. The molecule has 0 N–H and O–H groups in total. The number of carbonyl (C=O) groups is 1. The molecule has 0 aliphatic carbocycles. The van der Waals surface area contributed by atoms with E-state index in [9.17, 15) is 9.59 Å². The molecule has 0 spiro atoms. The third kappa shape index (κ3) is 4.74. The second kappa shape index (κ2) is 9.23. The first-order valence-corrected chi connectivity index (χ1v) is 11.2. The Hall–Kier alpha value is -3.01. The maximum atomic E-state index is 12.8. The Labute approximate surface area is 188 Å². The Bertz CT molecular complexity index is 1040. The van der Waals surface area contributed by atoms with Crippen LogP contribution in [0.15, 0.2) is 17.2 Å². The monoisotopic (exact) mass is 440 g/mol. The molecule has 172 valence electrons. The highest BCUT2D eigenvalue weighted by atomic mass is 16.2. The Morgan fingerprint density at radius 1 is 0.906 bits per heavy atom. The summed E-state index contributed by atoms with van der Waals surface area (Å²) in [6.07, 6.45) is 1.46. The number of amides is 1. The van der Waals surface area contributed by atoms with Gasteiger partial charge in [0.15, 0.2) is 0 Å². The maximum Gasteiger partial charge on any atom is 0.256 e. The van der Waals surface area contributed by atoms with Crippen LogP contribution in [0.4, 0.5) is 11.6 Å². The molecule has 10 heteroatoms. The summed E-state index contributed by atoms with van der Waals surface area (Å²) in [5, 5.41) is 0. The second-order valence-corrected chi connectivity index (χ2v) is 8.68. The van der Waals surface area contributed by atoms with Crippen molar-refractivity contribution >= 4 is 17.5 Å². The fraction of sp³-hybridized carbons (Fsp3) is 0.591. The minimum absolute atomic E-state index is 0.0210. The van der Waals surface area contributed by atoms with E-state index in [1.807, 2.05) is 11.8 Å². The zero-order valence-corrected chi connectivity index (χ0v) is 19.4. The van der Waals surface area contributed by atoms with Crippen molar-refractivity contribution in [1.82, 2.24) is 29.3 Å². The van der Waals surface area contributed by atoms with Crippen LogP contribution in [0.5, 0.6) is 0 Å². The number of aromatic nitrogens is 4. The molecule has 2 aliphatic rings. The van der Waals surface area contributed by atoms with Crippen LogP contribution in [-0.2, 0) is 11.3 Å². The lowest BCUT2D eigenvalue weighted by molar-refractivity contribution is -0.132. The zero-order valence-electron chi connectivity index (χ0n) is 19.4. The van der Waals surface area contributed by atoms with Crippen LogP contribution in [0.3, 0.4) is 0 Å². The molecule has 1 amide bonds. The highest BCUT2D eigenvalue weighted by molar-refractivity contribution is 5.76. The maximum absolute atomic E-state index is 12.8. The van der Waals surface area contributed by atoms with Gasteiger partial charge in [0, 0.05) is 69.7 Å².